The Bertz CT molecular complexity index is 1440. The molecule has 10 nitrogen and oxygen atoms in total. The number of hydrogen-bond donors (Lipinski definition) is 4. The van der Waals surface area contributed by atoms with Crippen molar-refractivity contribution in [3.8, 4) is 11.1 Å². The Morgan fingerprint density at radius 3 is 2.79 bits per heavy atom. The van der Waals surface area contributed by atoms with Crippen LogP contribution in [0.5, 0.6) is 0 Å². The van der Waals surface area contributed by atoms with Crippen molar-refractivity contribution < 1.29 is 9.90 Å². The fourth-order valence-corrected chi connectivity index (χ4v) is 5.31. The van der Waals surface area contributed by atoms with Crippen LogP contribution in [0, 0.1) is 6.92 Å². The van der Waals surface area contributed by atoms with Crippen LogP contribution in [0.4, 0.5) is 11.6 Å². The van der Waals surface area contributed by atoms with Crippen molar-refractivity contribution in [1.82, 2.24) is 29.5 Å². The van der Waals surface area contributed by atoms with Gasteiger partial charge in [0.25, 0.3) is 5.91 Å². The van der Waals surface area contributed by atoms with Crippen LogP contribution >= 0.6 is 0 Å². The fraction of sp³-hybridized carbons (Fsp3) is 0.448. The Labute approximate surface area is 227 Å². The summed E-state index contributed by atoms with van der Waals surface area (Å²) in [5.74, 6) is 1.53. The van der Waals surface area contributed by atoms with Gasteiger partial charge in [0.05, 0.1) is 24.7 Å². The van der Waals surface area contributed by atoms with Gasteiger partial charge in [-0.1, -0.05) is 25.0 Å². The molecule has 2 fully saturated rings. The van der Waals surface area contributed by atoms with Gasteiger partial charge in [0, 0.05) is 48.7 Å². The standard InChI is InChI=1S/C29H36N8O2/c1-19-15-20(7-10-22(19)29(39)33-21-8-9-21)23-17-32-37-27(31-11-4-13-36-14-12-30-18-36)16-26(35-28(23)37)34-24-5-2-3-6-25(24)38/h7,10,12,14-18,21,24-25,31,38H,2-6,8-9,11,13H2,1H3,(H,33,39)(H,34,35)/t24-,25-/m0/s1. The van der Waals surface area contributed by atoms with Crippen molar-refractivity contribution in [1.29, 1.82) is 0 Å². The van der Waals surface area contributed by atoms with Gasteiger partial charge in [-0.05, 0) is 56.2 Å². The molecule has 2 saturated carbocycles. The molecule has 0 bridgehead atoms. The molecule has 3 aromatic heterocycles. The number of anilines is 2. The molecule has 1 amide bonds. The van der Waals surface area contributed by atoms with Crippen LogP contribution in [0.1, 0.15) is 60.9 Å². The summed E-state index contributed by atoms with van der Waals surface area (Å²) in [5.41, 5.74) is 4.18. The lowest BCUT2D eigenvalue weighted by atomic mass is 9.92. The predicted octanol–water partition coefficient (Wildman–Crippen LogP) is 4.01. The van der Waals surface area contributed by atoms with E-state index < -0.39 is 0 Å². The Kier molecular flexibility index (Phi) is 7.19. The van der Waals surface area contributed by atoms with Crippen molar-refractivity contribution in [2.45, 2.75) is 76.6 Å². The minimum absolute atomic E-state index is 0.0146. The highest BCUT2D eigenvalue weighted by molar-refractivity contribution is 5.97. The minimum Gasteiger partial charge on any atom is -0.391 e. The number of carbonyl (C=O) groups is 1. The summed E-state index contributed by atoms with van der Waals surface area (Å²) in [5, 5.41) is 25.4. The smallest absolute Gasteiger partial charge is 0.251 e. The van der Waals surface area contributed by atoms with Crippen molar-refractivity contribution in [2.24, 2.45) is 0 Å². The quantitative estimate of drug-likeness (QED) is 0.230. The van der Waals surface area contributed by atoms with Crippen molar-refractivity contribution in [2.75, 3.05) is 17.2 Å². The van der Waals surface area contributed by atoms with Gasteiger partial charge in [0.15, 0.2) is 5.65 Å². The maximum Gasteiger partial charge on any atom is 0.251 e. The largest absolute Gasteiger partial charge is 0.391 e. The van der Waals surface area contributed by atoms with E-state index in [1.54, 1.807) is 6.20 Å². The van der Waals surface area contributed by atoms with Gasteiger partial charge in [-0.25, -0.2) is 9.97 Å². The number of benzene rings is 1. The van der Waals surface area contributed by atoms with E-state index in [9.17, 15) is 9.90 Å². The second kappa shape index (κ2) is 11.1. The number of carbonyl (C=O) groups excluding carboxylic acids is 1. The second-order valence-corrected chi connectivity index (χ2v) is 10.8. The molecule has 6 rings (SSSR count). The van der Waals surface area contributed by atoms with E-state index in [1.165, 1.54) is 0 Å². The maximum absolute atomic E-state index is 12.6. The molecule has 1 aromatic carbocycles. The van der Waals surface area contributed by atoms with E-state index in [2.05, 4.69) is 30.6 Å². The van der Waals surface area contributed by atoms with Gasteiger partial charge in [-0.15, -0.1) is 0 Å². The second-order valence-electron chi connectivity index (χ2n) is 10.8. The minimum atomic E-state index is -0.385. The van der Waals surface area contributed by atoms with E-state index in [4.69, 9.17) is 4.98 Å². The summed E-state index contributed by atoms with van der Waals surface area (Å²) in [7, 11) is 0. The number of amides is 1. The number of aryl methyl sites for hydroxylation is 2. The molecule has 0 unspecified atom stereocenters. The maximum atomic E-state index is 12.6. The normalized spacial score (nSPS) is 19.2. The van der Waals surface area contributed by atoms with E-state index in [0.29, 0.717) is 17.4 Å². The Morgan fingerprint density at radius 1 is 1.15 bits per heavy atom. The summed E-state index contributed by atoms with van der Waals surface area (Å²) in [4.78, 5) is 21.7. The lowest BCUT2D eigenvalue weighted by Gasteiger charge is -2.29. The summed E-state index contributed by atoms with van der Waals surface area (Å²) in [6, 6.07) is 8.15. The van der Waals surface area contributed by atoms with Crippen molar-refractivity contribution in [3.05, 3.63) is 60.3 Å². The Morgan fingerprint density at radius 2 is 2.03 bits per heavy atom. The summed E-state index contributed by atoms with van der Waals surface area (Å²) in [6.07, 6.45) is 13.9. The van der Waals surface area contributed by atoms with E-state index in [0.717, 1.165) is 86.2 Å². The molecule has 3 heterocycles. The molecular formula is C29H36N8O2. The first kappa shape index (κ1) is 25.4. The highest BCUT2D eigenvalue weighted by Crippen LogP contribution is 2.30. The first-order valence-corrected chi connectivity index (χ1v) is 14.0. The van der Waals surface area contributed by atoms with Gasteiger partial charge in [0.2, 0.25) is 0 Å². The fourth-order valence-electron chi connectivity index (χ4n) is 5.31. The van der Waals surface area contributed by atoms with Gasteiger partial charge in [-0.3, -0.25) is 4.79 Å². The van der Waals surface area contributed by atoms with E-state index in [1.807, 2.05) is 54.4 Å². The number of nitrogens with zero attached hydrogens (tertiary/aromatic N) is 5. The molecule has 10 heteroatoms. The molecule has 2 aliphatic rings. The number of aromatic nitrogens is 5. The van der Waals surface area contributed by atoms with Crippen LogP contribution in [-0.2, 0) is 6.54 Å². The average Bonchev–Trinajstić information content (AvgIpc) is 3.40. The molecule has 204 valence electrons. The third-order valence-corrected chi connectivity index (χ3v) is 7.69. The number of nitrogens with one attached hydrogen (secondary N) is 3. The van der Waals surface area contributed by atoms with Crippen LogP contribution in [-0.4, -0.2) is 59.9 Å². The lowest BCUT2D eigenvalue weighted by Crippen LogP contribution is -2.36. The molecule has 0 saturated heterocycles. The molecule has 4 aromatic rings. The third-order valence-electron chi connectivity index (χ3n) is 7.69. The molecule has 0 spiro atoms. The van der Waals surface area contributed by atoms with Gasteiger partial charge in [0.1, 0.15) is 11.6 Å². The van der Waals surface area contributed by atoms with Gasteiger partial charge < -0.3 is 25.6 Å². The van der Waals surface area contributed by atoms with Crippen LogP contribution in [0.2, 0.25) is 0 Å². The van der Waals surface area contributed by atoms with Crippen LogP contribution in [0.25, 0.3) is 16.8 Å². The van der Waals surface area contributed by atoms with Crippen LogP contribution in [0.3, 0.4) is 0 Å². The van der Waals surface area contributed by atoms with Crippen LogP contribution < -0.4 is 16.0 Å². The molecule has 39 heavy (non-hydrogen) atoms. The third kappa shape index (κ3) is 5.75. The molecular weight excluding hydrogens is 492 g/mol. The predicted molar refractivity (Wildman–Crippen MR) is 151 cm³/mol. The molecule has 4 N–H and O–H groups in total. The lowest BCUT2D eigenvalue weighted by molar-refractivity contribution is 0.0950. The first-order valence-electron chi connectivity index (χ1n) is 14.0. The Balaban J connectivity index is 1.29. The number of imidazole rings is 1. The Hall–Kier alpha value is -3.92. The molecule has 0 aliphatic heterocycles. The van der Waals surface area contributed by atoms with Crippen molar-refractivity contribution in [3.63, 3.8) is 0 Å². The van der Waals surface area contributed by atoms with Crippen molar-refractivity contribution >= 4 is 23.2 Å². The number of aliphatic hydroxyl groups excluding tert-OH is 1. The topological polar surface area (TPSA) is 121 Å². The summed E-state index contributed by atoms with van der Waals surface area (Å²) < 4.78 is 3.89. The average molecular weight is 529 g/mol. The highest BCUT2D eigenvalue weighted by atomic mass is 16.3. The zero-order valence-electron chi connectivity index (χ0n) is 22.3. The van der Waals surface area contributed by atoms with Gasteiger partial charge in [-0.2, -0.15) is 9.61 Å². The van der Waals surface area contributed by atoms with Gasteiger partial charge >= 0.3 is 0 Å². The summed E-state index contributed by atoms with van der Waals surface area (Å²) >= 11 is 0. The monoisotopic (exact) mass is 528 g/mol. The molecule has 2 atom stereocenters. The highest BCUT2D eigenvalue weighted by Gasteiger charge is 2.25. The van der Waals surface area contributed by atoms with E-state index >= 15 is 0 Å². The summed E-state index contributed by atoms with van der Waals surface area (Å²) in [6.45, 7) is 3.59. The zero-order valence-corrected chi connectivity index (χ0v) is 22.3. The number of rotatable bonds is 10. The number of hydrogen-bond acceptors (Lipinski definition) is 7. The molecule has 0 radical (unpaired) electrons. The SMILES string of the molecule is Cc1cc(-c2cnn3c(NCCCn4ccnc4)cc(N[C@H]4CCCC[C@@H]4O)nc23)ccc1C(=O)NC1CC1. The zero-order chi connectivity index (χ0) is 26.8. The van der Waals surface area contributed by atoms with E-state index in [-0.39, 0.29) is 18.1 Å². The first-order chi connectivity index (χ1) is 19.0. The number of aliphatic hydroxyl groups is 1. The molecule has 2 aliphatic carbocycles. The van der Waals surface area contributed by atoms with Crippen LogP contribution in [0.15, 0.2) is 49.2 Å². The number of fused-ring (bicyclic) bond motifs is 1.